The van der Waals surface area contributed by atoms with Gasteiger partial charge in [-0.15, -0.1) is 0 Å². The lowest BCUT2D eigenvalue weighted by Crippen LogP contribution is -2.38. The molecule has 0 unspecified atom stereocenters. The molecular formula is C17H29N3O3. The van der Waals surface area contributed by atoms with Gasteiger partial charge < -0.3 is 25.2 Å². The van der Waals surface area contributed by atoms with Gasteiger partial charge in [0.15, 0.2) is 17.5 Å². The highest BCUT2D eigenvalue weighted by molar-refractivity contribution is 5.79. The monoisotopic (exact) mass is 323 g/mol. The van der Waals surface area contributed by atoms with E-state index in [0.29, 0.717) is 18.7 Å². The average Bonchev–Trinajstić information content (AvgIpc) is 2.56. The summed E-state index contributed by atoms with van der Waals surface area (Å²) in [5, 5.41) is 16.5. The predicted octanol–water partition coefficient (Wildman–Crippen LogP) is 1.93. The number of aliphatic imine (C=N–C) groups is 1. The number of para-hydroxylation sites is 1. The third-order valence-corrected chi connectivity index (χ3v) is 3.25. The smallest absolute Gasteiger partial charge is 0.191 e. The highest BCUT2D eigenvalue weighted by Gasteiger charge is 2.07. The van der Waals surface area contributed by atoms with Crippen LogP contribution < -0.4 is 15.4 Å². The van der Waals surface area contributed by atoms with Crippen molar-refractivity contribution in [3.05, 3.63) is 23.8 Å². The molecule has 0 heterocycles. The summed E-state index contributed by atoms with van der Waals surface area (Å²) in [4.78, 5) is 4.50. The molecule has 0 aliphatic carbocycles. The number of rotatable bonds is 10. The van der Waals surface area contributed by atoms with Gasteiger partial charge in [0, 0.05) is 32.8 Å². The topological polar surface area (TPSA) is 75.1 Å². The van der Waals surface area contributed by atoms with Crippen molar-refractivity contribution in [1.29, 1.82) is 0 Å². The molecule has 6 nitrogen and oxygen atoms in total. The van der Waals surface area contributed by atoms with Gasteiger partial charge in [-0.05, 0) is 38.3 Å². The van der Waals surface area contributed by atoms with Crippen LogP contribution in [0.3, 0.4) is 0 Å². The first kappa shape index (κ1) is 19.1. The van der Waals surface area contributed by atoms with Gasteiger partial charge in [-0.3, -0.25) is 4.99 Å². The summed E-state index contributed by atoms with van der Waals surface area (Å²) in [6.07, 6.45) is 1.59. The van der Waals surface area contributed by atoms with Crippen molar-refractivity contribution >= 4 is 5.96 Å². The largest absolute Gasteiger partial charge is 0.504 e. The molecule has 0 aliphatic heterocycles. The molecular weight excluding hydrogens is 294 g/mol. The van der Waals surface area contributed by atoms with Gasteiger partial charge in [0.05, 0.1) is 7.11 Å². The normalized spacial score (nSPS) is 11.3. The number of phenolic OH excluding ortho intramolecular Hbond substituents is 1. The second kappa shape index (κ2) is 11.6. The van der Waals surface area contributed by atoms with Gasteiger partial charge in [-0.1, -0.05) is 12.1 Å². The van der Waals surface area contributed by atoms with Crippen LogP contribution in [-0.4, -0.2) is 51.0 Å². The second-order valence-corrected chi connectivity index (χ2v) is 4.96. The molecule has 6 heteroatoms. The van der Waals surface area contributed by atoms with E-state index < -0.39 is 0 Å². The maximum Gasteiger partial charge on any atom is 0.191 e. The highest BCUT2D eigenvalue weighted by atomic mass is 16.5. The summed E-state index contributed by atoms with van der Waals surface area (Å²) in [5.41, 5.74) is 0.851. The zero-order valence-corrected chi connectivity index (χ0v) is 14.4. The summed E-state index contributed by atoms with van der Waals surface area (Å²) < 4.78 is 10.4. The minimum absolute atomic E-state index is 0.204. The van der Waals surface area contributed by atoms with Gasteiger partial charge in [0.2, 0.25) is 0 Å². The first-order valence-corrected chi connectivity index (χ1v) is 8.17. The molecule has 0 aliphatic rings. The van der Waals surface area contributed by atoms with Crippen LogP contribution in [0.5, 0.6) is 11.5 Å². The van der Waals surface area contributed by atoms with Crippen LogP contribution in [0.1, 0.15) is 25.8 Å². The van der Waals surface area contributed by atoms with Crippen LogP contribution in [0.4, 0.5) is 0 Å². The number of benzene rings is 1. The predicted molar refractivity (Wildman–Crippen MR) is 93.5 cm³/mol. The molecule has 3 N–H and O–H groups in total. The Hall–Kier alpha value is -1.95. The molecule has 1 aromatic rings. The number of nitrogens with zero attached hydrogens (tertiary/aromatic N) is 1. The Kier molecular flexibility index (Phi) is 9.63. The molecule has 0 fully saturated rings. The number of hydrogen-bond acceptors (Lipinski definition) is 4. The van der Waals surface area contributed by atoms with Crippen LogP contribution in [0, 0.1) is 0 Å². The van der Waals surface area contributed by atoms with E-state index in [1.807, 2.05) is 26.0 Å². The Labute approximate surface area is 138 Å². The highest BCUT2D eigenvalue weighted by Crippen LogP contribution is 2.29. The van der Waals surface area contributed by atoms with Crippen molar-refractivity contribution in [2.45, 2.75) is 26.7 Å². The molecule has 23 heavy (non-hydrogen) atoms. The second-order valence-electron chi connectivity index (χ2n) is 4.96. The van der Waals surface area contributed by atoms with E-state index in [2.05, 4.69) is 15.6 Å². The van der Waals surface area contributed by atoms with E-state index in [0.717, 1.165) is 44.2 Å². The van der Waals surface area contributed by atoms with Gasteiger partial charge in [0.25, 0.3) is 0 Å². The fourth-order valence-corrected chi connectivity index (χ4v) is 2.09. The van der Waals surface area contributed by atoms with Crippen molar-refractivity contribution in [1.82, 2.24) is 10.6 Å². The number of guanidine groups is 1. The lowest BCUT2D eigenvalue weighted by molar-refractivity contribution is 0.146. The summed E-state index contributed by atoms with van der Waals surface area (Å²) >= 11 is 0. The third-order valence-electron chi connectivity index (χ3n) is 3.25. The van der Waals surface area contributed by atoms with E-state index in [-0.39, 0.29) is 5.75 Å². The SMILES string of the molecule is CCNC(=NCCCOCC)NCCc1cccc(OC)c1O. The fraction of sp³-hybridized carbons (Fsp3) is 0.588. The van der Waals surface area contributed by atoms with E-state index in [1.54, 1.807) is 13.2 Å². The maximum atomic E-state index is 10.1. The van der Waals surface area contributed by atoms with Crippen LogP contribution in [0.15, 0.2) is 23.2 Å². The number of nitrogens with one attached hydrogen (secondary N) is 2. The van der Waals surface area contributed by atoms with Gasteiger partial charge >= 0.3 is 0 Å². The molecule has 0 aromatic heterocycles. The van der Waals surface area contributed by atoms with Gasteiger partial charge in [-0.2, -0.15) is 0 Å². The van der Waals surface area contributed by atoms with Crippen molar-refractivity contribution < 1.29 is 14.6 Å². The summed E-state index contributed by atoms with van der Waals surface area (Å²) in [6, 6.07) is 5.52. The summed E-state index contributed by atoms with van der Waals surface area (Å²) in [7, 11) is 1.55. The minimum atomic E-state index is 0.204. The lowest BCUT2D eigenvalue weighted by Gasteiger charge is -2.12. The summed E-state index contributed by atoms with van der Waals surface area (Å²) in [6.45, 7) is 7.71. The van der Waals surface area contributed by atoms with Crippen LogP contribution in [0.25, 0.3) is 0 Å². The Bertz CT molecular complexity index is 478. The molecule has 1 rings (SSSR count). The first-order chi connectivity index (χ1) is 11.2. The van der Waals surface area contributed by atoms with Crippen molar-refractivity contribution in [2.75, 3.05) is 40.0 Å². The molecule has 0 saturated heterocycles. The number of aromatic hydroxyl groups is 1. The van der Waals surface area contributed by atoms with Crippen LogP contribution in [-0.2, 0) is 11.2 Å². The molecule has 0 atom stereocenters. The van der Waals surface area contributed by atoms with E-state index in [9.17, 15) is 5.11 Å². The zero-order valence-electron chi connectivity index (χ0n) is 14.4. The Morgan fingerprint density at radius 1 is 1.26 bits per heavy atom. The van der Waals surface area contributed by atoms with E-state index >= 15 is 0 Å². The van der Waals surface area contributed by atoms with E-state index in [4.69, 9.17) is 9.47 Å². The van der Waals surface area contributed by atoms with Gasteiger partial charge in [0.1, 0.15) is 0 Å². The summed E-state index contributed by atoms with van der Waals surface area (Å²) in [5.74, 6) is 1.49. The van der Waals surface area contributed by atoms with Crippen LogP contribution >= 0.6 is 0 Å². The lowest BCUT2D eigenvalue weighted by atomic mass is 10.1. The quantitative estimate of drug-likeness (QED) is 0.348. The maximum absolute atomic E-state index is 10.1. The molecule has 0 spiro atoms. The number of phenols is 1. The zero-order chi connectivity index (χ0) is 16.9. The van der Waals surface area contributed by atoms with Crippen molar-refractivity contribution in [3.8, 4) is 11.5 Å². The minimum Gasteiger partial charge on any atom is -0.504 e. The first-order valence-electron chi connectivity index (χ1n) is 8.17. The number of ether oxygens (including phenoxy) is 2. The molecule has 0 saturated carbocycles. The number of methoxy groups -OCH3 is 1. The average molecular weight is 323 g/mol. The third kappa shape index (κ3) is 7.23. The molecule has 130 valence electrons. The van der Waals surface area contributed by atoms with Crippen molar-refractivity contribution in [2.24, 2.45) is 4.99 Å². The Balaban J connectivity index is 2.44. The van der Waals surface area contributed by atoms with Crippen LogP contribution in [0.2, 0.25) is 0 Å². The van der Waals surface area contributed by atoms with Gasteiger partial charge in [-0.25, -0.2) is 0 Å². The fourth-order valence-electron chi connectivity index (χ4n) is 2.09. The molecule has 0 amide bonds. The van der Waals surface area contributed by atoms with Crippen molar-refractivity contribution in [3.63, 3.8) is 0 Å². The standard InChI is InChI=1S/C17H29N3O3/c1-4-18-17(19-11-7-13-23-5-2)20-12-10-14-8-6-9-15(22-3)16(14)21/h6,8-9,21H,4-5,7,10-13H2,1-3H3,(H2,18,19,20). The Morgan fingerprint density at radius 2 is 2.09 bits per heavy atom. The van der Waals surface area contributed by atoms with E-state index in [1.165, 1.54) is 0 Å². The molecule has 0 bridgehead atoms. The Morgan fingerprint density at radius 3 is 2.78 bits per heavy atom. The molecule has 1 aromatic carbocycles. The number of hydrogen-bond donors (Lipinski definition) is 3. The molecule has 0 radical (unpaired) electrons.